The highest BCUT2D eigenvalue weighted by Crippen LogP contribution is 2.47. The number of hydrogen-bond donors (Lipinski definition) is 0. The minimum atomic E-state index is -0.448. The van der Waals surface area contributed by atoms with Gasteiger partial charge in [0.1, 0.15) is 17.1 Å². The molecule has 0 spiro atoms. The second kappa shape index (κ2) is 11.5. The molecular formula is C27H33NO8. The molecule has 0 N–H and O–H groups in total. The van der Waals surface area contributed by atoms with E-state index in [4.69, 9.17) is 32.8 Å². The van der Waals surface area contributed by atoms with Crippen LogP contribution in [-0.4, -0.2) is 73.3 Å². The lowest BCUT2D eigenvalue weighted by Crippen LogP contribution is -2.37. The molecule has 36 heavy (non-hydrogen) atoms. The van der Waals surface area contributed by atoms with E-state index in [-0.39, 0.29) is 5.92 Å². The number of hydrogen-bond acceptors (Lipinski definition) is 9. The van der Waals surface area contributed by atoms with E-state index in [0.717, 1.165) is 37.2 Å². The summed E-state index contributed by atoms with van der Waals surface area (Å²) < 4.78 is 39.6. The highest BCUT2D eigenvalue weighted by Gasteiger charge is 2.28. The predicted octanol–water partition coefficient (Wildman–Crippen LogP) is 3.69. The highest BCUT2D eigenvalue weighted by molar-refractivity contribution is 5.89. The third-order valence-electron chi connectivity index (χ3n) is 6.59. The van der Waals surface area contributed by atoms with E-state index in [1.165, 1.54) is 6.07 Å². The van der Waals surface area contributed by atoms with E-state index in [1.807, 2.05) is 18.2 Å². The largest absolute Gasteiger partial charge is 0.496 e. The van der Waals surface area contributed by atoms with Gasteiger partial charge in [-0.3, -0.25) is 4.90 Å². The van der Waals surface area contributed by atoms with E-state index in [1.54, 1.807) is 41.6 Å². The molecular weight excluding hydrogens is 466 g/mol. The first-order valence-corrected chi connectivity index (χ1v) is 11.8. The van der Waals surface area contributed by atoms with Gasteiger partial charge in [-0.05, 0) is 36.7 Å². The molecule has 1 aliphatic rings. The second-order valence-electron chi connectivity index (χ2n) is 8.45. The summed E-state index contributed by atoms with van der Waals surface area (Å²) >= 11 is 0. The number of morpholine rings is 1. The maximum atomic E-state index is 12.4. The van der Waals surface area contributed by atoms with Gasteiger partial charge in [-0.1, -0.05) is 0 Å². The van der Waals surface area contributed by atoms with Crippen LogP contribution in [0.15, 0.2) is 39.5 Å². The second-order valence-corrected chi connectivity index (χ2v) is 8.45. The highest BCUT2D eigenvalue weighted by atomic mass is 16.5. The van der Waals surface area contributed by atoms with Crippen molar-refractivity contribution in [1.29, 1.82) is 0 Å². The summed E-state index contributed by atoms with van der Waals surface area (Å²) in [5.74, 6) is 2.49. The van der Waals surface area contributed by atoms with Crippen molar-refractivity contribution in [3.05, 3.63) is 51.9 Å². The molecule has 1 atom stereocenters. The lowest BCUT2D eigenvalue weighted by Gasteiger charge is -2.29. The van der Waals surface area contributed by atoms with Gasteiger partial charge < -0.3 is 32.8 Å². The molecule has 194 valence electrons. The lowest BCUT2D eigenvalue weighted by molar-refractivity contribution is 0.0369. The molecule has 1 saturated heterocycles. The molecule has 0 radical (unpaired) electrons. The zero-order valence-electron chi connectivity index (χ0n) is 21.4. The zero-order chi connectivity index (χ0) is 25.7. The molecule has 3 aromatic rings. The summed E-state index contributed by atoms with van der Waals surface area (Å²) in [7, 11) is 7.93. The van der Waals surface area contributed by atoms with Gasteiger partial charge in [-0.25, -0.2) is 4.79 Å². The van der Waals surface area contributed by atoms with Crippen LogP contribution in [0.3, 0.4) is 0 Å². The molecule has 1 aromatic heterocycles. The summed E-state index contributed by atoms with van der Waals surface area (Å²) in [6, 6.07) is 8.81. The van der Waals surface area contributed by atoms with E-state index < -0.39 is 5.63 Å². The van der Waals surface area contributed by atoms with E-state index in [2.05, 4.69) is 4.90 Å². The fourth-order valence-corrected chi connectivity index (χ4v) is 4.78. The molecule has 1 aliphatic heterocycles. The SMILES string of the molecule is COc1cc([C@@H](CCN2CCOCC2)c2c(OC)cc(OC)c3ccc(=O)oc23)cc(OC)c1OC. The smallest absolute Gasteiger partial charge is 0.336 e. The first-order chi connectivity index (χ1) is 17.5. The van der Waals surface area contributed by atoms with Gasteiger partial charge in [-0.2, -0.15) is 0 Å². The van der Waals surface area contributed by atoms with Gasteiger partial charge in [-0.15, -0.1) is 0 Å². The summed E-state index contributed by atoms with van der Waals surface area (Å²) in [6.45, 7) is 3.94. The Morgan fingerprint density at radius 3 is 2.06 bits per heavy atom. The molecule has 0 bridgehead atoms. The molecule has 4 rings (SSSR count). The summed E-state index contributed by atoms with van der Waals surface area (Å²) in [5.41, 5.74) is 1.65. The number of nitrogens with zero attached hydrogens (tertiary/aromatic N) is 1. The Morgan fingerprint density at radius 1 is 0.833 bits per heavy atom. The topological polar surface area (TPSA) is 88.8 Å². The monoisotopic (exact) mass is 499 g/mol. The average Bonchev–Trinajstić information content (AvgIpc) is 2.92. The van der Waals surface area contributed by atoms with Gasteiger partial charge in [0.25, 0.3) is 0 Å². The third-order valence-corrected chi connectivity index (χ3v) is 6.59. The Labute approximate surface area is 210 Å². The van der Waals surface area contributed by atoms with Crippen molar-refractivity contribution in [3.63, 3.8) is 0 Å². The van der Waals surface area contributed by atoms with Crippen LogP contribution in [0.25, 0.3) is 11.0 Å². The van der Waals surface area contributed by atoms with Crippen LogP contribution in [0.4, 0.5) is 0 Å². The minimum Gasteiger partial charge on any atom is -0.496 e. The lowest BCUT2D eigenvalue weighted by atomic mass is 9.85. The molecule has 2 aromatic carbocycles. The Bertz CT molecular complexity index is 1220. The van der Waals surface area contributed by atoms with Crippen LogP contribution < -0.4 is 29.3 Å². The number of fused-ring (bicyclic) bond motifs is 1. The van der Waals surface area contributed by atoms with Crippen LogP contribution in [-0.2, 0) is 4.74 Å². The molecule has 0 aliphatic carbocycles. The van der Waals surface area contributed by atoms with Crippen molar-refractivity contribution in [2.75, 3.05) is 68.4 Å². The minimum absolute atomic E-state index is 0.226. The first-order valence-electron chi connectivity index (χ1n) is 11.8. The normalized spacial score (nSPS) is 14.9. The van der Waals surface area contributed by atoms with Crippen LogP contribution >= 0.6 is 0 Å². The Hall–Kier alpha value is -3.43. The van der Waals surface area contributed by atoms with E-state index in [9.17, 15) is 4.79 Å². The summed E-state index contributed by atoms with van der Waals surface area (Å²) in [5, 5.41) is 0.691. The molecule has 0 unspecified atom stereocenters. The number of methoxy groups -OCH3 is 5. The van der Waals surface area contributed by atoms with Gasteiger partial charge in [0.15, 0.2) is 11.5 Å². The maximum absolute atomic E-state index is 12.4. The average molecular weight is 500 g/mol. The van der Waals surface area contributed by atoms with E-state index >= 15 is 0 Å². The van der Waals surface area contributed by atoms with Crippen LogP contribution in [0.1, 0.15) is 23.5 Å². The molecule has 1 fully saturated rings. The van der Waals surface area contributed by atoms with Crippen LogP contribution in [0.5, 0.6) is 28.7 Å². The predicted molar refractivity (Wildman–Crippen MR) is 135 cm³/mol. The van der Waals surface area contributed by atoms with Crippen molar-refractivity contribution >= 4 is 11.0 Å². The number of benzene rings is 2. The molecule has 2 heterocycles. The van der Waals surface area contributed by atoms with Crippen molar-refractivity contribution < 1.29 is 32.8 Å². The van der Waals surface area contributed by atoms with Gasteiger partial charge in [0, 0.05) is 36.7 Å². The fourth-order valence-electron chi connectivity index (χ4n) is 4.78. The first kappa shape index (κ1) is 25.7. The fraction of sp³-hybridized carbons (Fsp3) is 0.444. The Kier molecular flexibility index (Phi) is 8.22. The third kappa shape index (κ3) is 5.08. The van der Waals surface area contributed by atoms with Crippen molar-refractivity contribution in [2.24, 2.45) is 0 Å². The molecule has 9 heteroatoms. The molecule has 9 nitrogen and oxygen atoms in total. The van der Waals surface area contributed by atoms with Gasteiger partial charge >= 0.3 is 5.63 Å². The number of ether oxygens (including phenoxy) is 6. The van der Waals surface area contributed by atoms with Crippen LogP contribution in [0.2, 0.25) is 0 Å². The van der Waals surface area contributed by atoms with Crippen molar-refractivity contribution in [3.8, 4) is 28.7 Å². The van der Waals surface area contributed by atoms with Crippen LogP contribution in [0, 0.1) is 0 Å². The summed E-state index contributed by atoms with van der Waals surface area (Å²) in [6.07, 6.45) is 0.717. The van der Waals surface area contributed by atoms with Crippen molar-refractivity contribution in [2.45, 2.75) is 12.3 Å². The summed E-state index contributed by atoms with van der Waals surface area (Å²) in [4.78, 5) is 14.7. The maximum Gasteiger partial charge on any atom is 0.336 e. The Balaban J connectivity index is 1.94. The van der Waals surface area contributed by atoms with Crippen molar-refractivity contribution in [1.82, 2.24) is 4.90 Å². The van der Waals surface area contributed by atoms with E-state index in [0.29, 0.717) is 52.9 Å². The standard InChI is InChI=1S/C27H33NO8/c1-30-20-16-21(31-2)25(26-19(20)6-7-24(29)36-26)18(8-9-28-10-12-35-13-11-28)17-14-22(32-3)27(34-5)23(15-17)33-4/h6-7,14-16,18H,8-13H2,1-5H3/t18-/m1/s1. The Morgan fingerprint density at radius 2 is 1.47 bits per heavy atom. The quantitative estimate of drug-likeness (QED) is 0.388. The van der Waals surface area contributed by atoms with Gasteiger partial charge in [0.2, 0.25) is 5.75 Å². The molecule has 0 saturated carbocycles. The molecule has 0 amide bonds. The van der Waals surface area contributed by atoms with Gasteiger partial charge in [0.05, 0.1) is 54.1 Å². The number of rotatable bonds is 10. The zero-order valence-corrected chi connectivity index (χ0v) is 21.4.